The summed E-state index contributed by atoms with van der Waals surface area (Å²) in [5, 5.41) is 4.38. The molecule has 0 bridgehead atoms. The van der Waals surface area contributed by atoms with Crippen LogP contribution in [0.5, 0.6) is 0 Å². The van der Waals surface area contributed by atoms with Crippen molar-refractivity contribution in [1.29, 1.82) is 0 Å². The SMILES string of the molecule is COC1(c2ccccc2)ON=C(c2ccccc2)N1c1ccccc1. The average molecular weight is 330 g/mol. The Kier molecular flexibility index (Phi) is 3.96. The highest BCUT2D eigenvalue weighted by atomic mass is 16.8. The van der Waals surface area contributed by atoms with Gasteiger partial charge in [0.25, 0.3) is 0 Å². The van der Waals surface area contributed by atoms with Gasteiger partial charge >= 0.3 is 5.91 Å². The Morgan fingerprint density at radius 2 is 1.36 bits per heavy atom. The van der Waals surface area contributed by atoms with Crippen LogP contribution in [0, 0.1) is 0 Å². The molecule has 124 valence electrons. The Morgan fingerprint density at radius 1 is 0.800 bits per heavy atom. The summed E-state index contributed by atoms with van der Waals surface area (Å²) in [7, 11) is 1.63. The summed E-state index contributed by atoms with van der Waals surface area (Å²) in [6, 6.07) is 29.8. The highest BCUT2D eigenvalue weighted by Gasteiger charge is 2.49. The standard InChI is InChI=1S/C21H18N2O2/c1-24-21(18-13-7-3-8-14-18)23(19-15-9-4-10-16-19)20(22-25-21)17-11-5-2-6-12-17/h2-16H,1H3. The van der Waals surface area contributed by atoms with E-state index >= 15 is 0 Å². The summed E-state index contributed by atoms with van der Waals surface area (Å²) in [6.07, 6.45) is 0. The number of ether oxygens (including phenoxy) is 1. The second-order valence-electron chi connectivity index (χ2n) is 5.70. The second kappa shape index (κ2) is 6.42. The van der Waals surface area contributed by atoms with Crippen LogP contribution in [0.25, 0.3) is 0 Å². The van der Waals surface area contributed by atoms with Crippen LogP contribution in [-0.4, -0.2) is 12.9 Å². The number of anilines is 1. The summed E-state index contributed by atoms with van der Waals surface area (Å²) in [5.41, 5.74) is 2.77. The number of hydrogen-bond donors (Lipinski definition) is 0. The lowest BCUT2D eigenvalue weighted by atomic mass is 10.1. The van der Waals surface area contributed by atoms with Crippen LogP contribution in [0.2, 0.25) is 0 Å². The van der Waals surface area contributed by atoms with Gasteiger partial charge in [0.15, 0.2) is 5.84 Å². The average Bonchev–Trinajstić information content (AvgIpc) is 3.11. The largest absolute Gasteiger partial charge is 0.352 e. The lowest BCUT2D eigenvalue weighted by Gasteiger charge is -2.35. The number of oxime groups is 1. The number of hydrogen-bond acceptors (Lipinski definition) is 4. The molecule has 1 aliphatic rings. The summed E-state index contributed by atoms with van der Waals surface area (Å²) in [6.45, 7) is 0. The zero-order valence-electron chi connectivity index (χ0n) is 13.9. The molecule has 3 aromatic rings. The van der Waals surface area contributed by atoms with Gasteiger partial charge in [0.2, 0.25) is 0 Å². The number of benzene rings is 3. The predicted octanol–water partition coefficient (Wildman–Crippen LogP) is 4.34. The highest BCUT2D eigenvalue weighted by molar-refractivity contribution is 6.11. The number of para-hydroxylation sites is 1. The maximum absolute atomic E-state index is 5.90. The van der Waals surface area contributed by atoms with Crippen LogP contribution < -0.4 is 4.90 Å². The molecule has 0 saturated carbocycles. The van der Waals surface area contributed by atoms with Crippen molar-refractivity contribution in [2.75, 3.05) is 12.0 Å². The Morgan fingerprint density at radius 3 is 1.96 bits per heavy atom. The quantitative estimate of drug-likeness (QED) is 0.713. The molecule has 25 heavy (non-hydrogen) atoms. The van der Waals surface area contributed by atoms with Crippen LogP contribution in [0.1, 0.15) is 11.1 Å². The zero-order valence-corrected chi connectivity index (χ0v) is 13.9. The first-order valence-electron chi connectivity index (χ1n) is 8.13. The van der Waals surface area contributed by atoms with Gasteiger partial charge in [-0.2, -0.15) is 0 Å². The van der Waals surface area contributed by atoms with Crippen molar-refractivity contribution < 1.29 is 9.57 Å². The van der Waals surface area contributed by atoms with Crippen LogP contribution in [0.15, 0.2) is 96.2 Å². The lowest BCUT2D eigenvalue weighted by Crippen LogP contribution is -2.48. The molecule has 0 fully saturated rings. The molecule has 0 aromatic heterocycles. The third-order valence-corrected chi connectivity index (χ3v) is 4.22. The van der Waals surface area contributed by atoms with E-state index in [-0.39, 0.29) is 0 Å². The second-order valence-corrected chi connectivity index (χ2v) is 5.70. The Balaban J connectivity index is 1.89. The molecule has 1 heterocycles. The highest BCUT2D eigenvalue weighted by Crippen LogP contribution is 2.40. The third kappa shape index (κ3) is 2.57. The number of amidine groups is 1. The van der Waals surface area contributed by atoms with E-state index in [0.717, 1.165) is 16.8 Å². The van der Waals surface area contributed by atoms with E-state index in [1.807, 2.05) is 95.9 Å². The molecule has 4 rings (SSSR count). The van der Waals surface area contributed by atoms with Crippen LogP contribution >= 0.6 is 0 Å². The van der Waals surface area contributed by atoms with Crippen molar-refractivity contribution in [3.8, 4) is 0 Å². The molecule has 4 nitrogen and oxygen atoms in total. The minimum absolute atomic E-state index is 0.706. The fourth-order valence-corrected chi connectivity index (χ4v) is 3.04. The van der Waals surface area contributed by atoms with Crippen LogP contribution in [-0.2, 0) is 15.5 Å². The van der Waals surface area contributed by atoms with Gasteiger partial charge in [-0.1, -0.05) is 84.0 Å². The summed E-state index contributed by atoms with van der Waals surface area (Å²) >= 11 is 0. The number of nitrogens with zero attached hydrogens (tertiary/aromatic N) is 2. The molecule has 1 atom stereocenters. The molecule has 0 spiro atoms. The summed E-state index contributed by atoms with van der Waals surface area (Å²) in [4.78, 5) is 7.89. The first-order valence-corrected chi connectivity index (χ1v) is 8.13. The van der Waals surface area contributed by atoms with E-state index < -0.39 is 5.91 Å². The Hall–Kier alpha value is -3.11. The maximum Gasteiger partial charge on any atom is 0.352 e. The first-order chi connectivity index (χ1) is 12.3. The molecule has 1 unspecified atom stereocenters. The first kappa shape index (κ1) is 15.4. The maximum atomic E-state index is 5.90. The van der Waals surface area contributed by atoms with E-state index in [4.69, 9.17) is 9.57 Å². The fourth-order valence-electron chi connectivity index (χ4n) is 3.04. The van der Waals surface area contributed by atoms with Crippen molar-refractivity contribution in [1.82, 2.24) is 0 Å². The van der Waals surface area contributed by atoms with E-state index in [9.17, 15) is 0 Å². The molecule has 3 aromatic carbocycles. The molecule has 0 radical (unpaired) electrons. The molecule has 0 amide bonds. The van der Waals surface area contributed by atoms with Gasteiger partial charge in [0, 0.05) is 23.9 Å². The molecular weight excluding hydrogens is 312 g/mol. The fraction of sp³-hybridized carbons (Fsp3) is 0.0952. The van der Waals surface area contributed by atoms with Gasteiger partial charge in [-0.25, -0.2) is 0 Å². The van der Waals surface area contributed by atoms with E-state index in [0.29, 0.717) is 5.84 Å². The molecule has 4 heteroatoms. The van der Waals surface area contributed by atoms with E-state index in [2.05, 4.69) is 5.16 Å². The van der Waals surface area contributed by atoms with Crippen molar-refractivity contribution in [2.45, 2.75) is 5.91 Å². The predicted molar refractivity (Wildman–Crippen MR) is 98.1 cm³/mol. The zero-order chi connectivity index (χ0) is 17.1. The normalized spacial score (nSPS) is 19.4. The minimum atomic E-state index is -1.15. The Labute approximate surface area is 146 Å². The van der Waals surface area contributed by atoms with Gasteiger partial charge in [-0.3, -0.25) is 4.90 Å². The topological polar surface area (TPSA) is 34.1 Å². The number of methoxy groups -OCH3 is 1. The van der Waals surface area contributed by atoms with Gasteiger partial charge in [0.1, 0.15) is 0 Å². The molecular formula is C21H18N2O2. The molecule has 0 saturated heterocycles. The third-order valence-electron chi connectivity index (χ3n) is 4.22. The van der Waals surface area contributed by atoms with E-state index in [1.54, 1.807) is 7.11 Å². The van der Waals surface area contributed by atoms with Crippen LogP contribution in [0.3, 0.4) is 0 Å². The van der Waals surface area contributed by atoms with Crippen LogP contribution in [0.4, 0.5) is 5.69 Å². The smallest absolute Gasteiger partial charge is 0.331 e. The van der Waals surface area contributed by atoms with Crippen molar-refractivity contribution >= 4 is 11.5 Å². The molecule has 0 N–H and O–H groups in total. The Bertz CT molecular complexity index is 866. The summed E-state index contributed by atoms with van der Waals surface area (Å²) in [5.74, 6) is -0.439. The number of rotatable bonds is 4. The van der Waals surface area contributed by atoms with Gasteiger partial charge in [-0.05, 0) is 12.1 Å². The minimum Gasteiger partial charge on any atom is -0.331 e. The van der Waals surface area contributed by atoms with Crippen molar-refractivity contribution in [3.05, 3.63) is 102 Å². The van der Waals surface area contributed by atoms with E-state index in [1.165, 1.54) is 0 Å². The summed E-state index contributed by atoms with van der Waals surface area (Å²) < 4.78 is 5.89. The van der Waals surface area contributed by atoms with Gasteiger partial charge in [0.05, 0.1) is 0 Å². The molecule has 0 aliphatic carbocycles. The van der Waals surface area contributed by atoms with Gasteiger partial charge in [-0.15, -0.1) is 0 Å². The monoisotopic (exact) mass is 330 g/mol. The van der Waals surface area contributed by atoms with Gasteiger partial charge < -0.3 is 9.57 Å². The lowest BCUT2D eigenvalue weighted by molar-refractivity contribution is -0.212. The van der Waals surface area contributed by atoms with Crippen molar-refractivity contribution in [2.24, 2.45) is 5.16 Å². The molecule has 1 aliphatic heterocycles. The van der Waals surface area contributed by atoms with Crippen molar-refractivity contribution in [3.63, 3.8) is 0 Å².